The van der Waals surface area contributed by atoms with Gasteiger partial charge < -0.3 is 4.98 Å². The number of hydrogen-bond acceptors (Lipinski definition) is 2. The molecule has 2 nitrogen and oxygen atoms in total. The minimum atomic E-state index is 0.624. The Morgan fingerprint density at radius 1 is 1.26 bits per heavy atom. The lowest BCUT2D eigenvalue weighted by molar-refractivity contribution is 0.112. The van der Waals surface area contributed by atoms with Crippen molar-refractivity contribution >= 4 is 51.7 Å². The van der Waals surface area contributed by atoms with Gasteiger partial charge in [-0.05, 0) is 36.8 Å². The third kappa shape index (κ3) is 2.08. The van der Waals surface area contributed by atoms with Crippen LogP contribution >= 0.6 is 34.5 Å². The summed E-state index contributed by atoms with van der Waals surface area (Å²) in [6, 6.07) is 7.41. The van der Waals surface area contributed by atoms with Crippen LogP contribution in [0.5, 0.6) is 0 Å². The second-order valence-electron chi connectivity index (χ2n) is 4.28. The molecule has 0 aliphatic heterocycles. The second kappa shape index (κ2) is 4.67. The van der Waals surface area contributed by atoms with Gasteiger partial charge in [0.05, 0.1) is 14.9 Å². The van der Waals surface area contributed by atoms with Crippen molar-refractivity contribution in [2.45, 2.75) is 6.92 Å². The molecule has 1 aromatic carbocycles. The normalized spacial score (nSPS) is 11.1. The van der Waals surface area contributed by atoms with Gasteiger partial charge in [-0.1, -0.05) is 23.2 Å². The second-order valence-corrected chi connectivity index (χ2v) is 6.43. The van der Waals surface area contributed by atoms with Gasteiger partial charge in [0.25, 0.3) is 0 Å². The predicted molar refractivity (Wildman–Crippen MR) is 81.8 cm³/mol. The van der Waals surface area contributed by atoms with Gasteiger partial charge in [-0.2, -0.15) is 0 Å². The van der Waals surface area contributed by atoms with E-state index in [1.54, 1.807) is 0 Å². The Morgan fingerprint density at radius 3 is 2.68 bits per heavy atom. The van der Waals surface area contributed by atoms with E-state index in [0.29, 0.717) is 14.9 Å². The quantitative estimate of drug-likeness (QED) is 0.638. The minimum Gasteiger partial charge on any atom is -0.353 e. The topological polar surface area (TPSA) is 32.9 Å². The first-order chi connectivity index (χ1) is 9.10. The maximum absolute atomic E-state index is 11.4. The lowest BCUT2D eigenvalue weighted by Gasteiger charge is -1.97. The molecule has 0 fully saturated rings. The number of benzene rings is 1. The molecule has 1 N–H and O–H groups in total. The highest BCUT2D eigenvalue weighted by atomic mass is 35.5. The Hall–Kier alpha value is -1.29. The Labute approximate surface area is 124 Å². The molecule has 0 atom stereocenters. The van der Waals surface area contributed by atoms with Gasteiger partial charge in [0.1, 0.15) is 0 Å². The maximum Gasteiger partial charge on any atom is 0.152 e. The standard InChI is InChI=1S/C14H9Cl2NOS/c1-7-4-8(15)5-9-10(6-18)14(17-13(7)9)11-2-3-12(16)19-11/h2-6,17H,1H3. The fourth-order valence-corrected chi connectivity index (χ4v) is 3.54. The van der Waals surface area contributed by atoms with E-state index in [1.807, 2.05) is 31.2 Å². The molecule has 2 heterocycles. The van der Waals surface area contributed by atoms with Crippen molar-refractivity contribution < 1.29 is 4.79 Å². The van der Waals surface area contributed by atoms with Crippen molar-refractivity contribution in [1.29, 1.82) is 0 Å². The SMILES string of the molecule is Cc1cc(Cl)cc2c(C=O)c(-c3ccc(Cl)s3)[nH]c12. The molecule has 0 spiro atoms. The van der Waals surface area contributed by atoms with Gasteiger partial charge in [0.15, 0.2) is 6.29 Å². The molecule has 0 saturated heterocycles. The first kappa shape index (κ1) is 12.7. The molecule has 0 unspecified atom stereocenters. The van der Waals surface area contributed by atoms with Crippen LogP contribution in [0.1, 0.15) is 15.9 Å². The Bertz CT molecular complexity index is 788. The number of hydrogen-bond donors (Lipinski definition) is 1. The third-order valence-electron chi connectivity index (χ3n) is 3.05. The van der Waals surface area contributed by atoms with Crippen LogP contribution in [0, 0.1) is 6.92 Å². The Balaban J connectivity index is 2.37. The van der Waals surface area contributed by atoms with E-state index < -0.39 is 0 Å². The monoisotopic (exact) mass is 309 g/mol. The lowest BCUT2D eigenvalue weighted by atomic mass is 10.1. The average Bonchev–Trinajstić information content (AvgIpc) is 2.92. The van der Waals surface area contributed by atoms with Crippen LogP contribution in [-0.4, -0.2) is 11.3 Å². The Morgan fingerprint density at radius 2 is 2.05 bits per heavy atom. The number of halogens is 2. The van der Waals surface area contributed by atoms with Crippen molar-refractivity contribution in [2.24, 2.45) is 0 Å². The predicted octanol–water partition coefficient (Wildman–Crippen LogP) is 5.32. The zero-order valence-electron chi connectivity index (χ0n) is 9.96. The van der Waals surface area contributed by atoms with E-state index in [2.05, 4.69) is 4.98 Å². The number of rotatable bonds is 2. The van der Waals surface area contributed by atoms with Crippen LogP contribution in [0.25, 0.3) is 21.5 Å². The van der Waals surface area contributed by atoms with Crippen LogP contribution in [0.2, 0.25) is 9.36 Å². The number of carbonyl (C=O) groups excluding carboxylic acids is 1. The van der Waals surface area contributed by atoms with Gasteiger partial charge in [0.2, 0.25) is 0 Å². The molecule has 0 saturated carbocycles. The molecule has 19 heavy (non-hydrogen) atoms. The van der Waals surface area contributed by atoms with E-state index >= 15 is 0 Å². The van der Waals surface area contributed by atoms with Crippen molar-refractivity contribution in [2.75, 3.05) is 0 Å². The number of aryl methyl sites for hydroxylation is 1. The lowest BCUT2D eigenvalue weighted by Crippen LogP contribution is -1.81. The van der Waals surface area contributed by atoms with Crippen molar-refractivity contribution in [1.82, 2.24) is 4.98 Å². The average molecular weight is 310 g/mol. The Kier molecular flexibility index (Phi) is 3.13. The van der Waals surface area contributed by atoms with Gasteiger partial charge in [-0.25, -0.2) is 0 Å². The van der Waals surface area contributed by atoms with Gasteiger partial charge in [-0.3, -0.25) is 4.79 Å². The summed E-state index contributed by atoms with van der Waals surface area (Å²) in [7, 11) is 0. The molecule has 0 bridgehead atoms. The number of aldehydes is 1. The first-order valence-corrected chi connectivity index (χ1v) is 7.20. The van der Waals surface area contributed by atoms with Crippen LogP contribution < -0.4 is 0 Å². The fourth-order valence-electron chi connectivity index (χ4n) is 2.21. The zero-order valence-corrected chi connectivity index (χ0v) is 12.3. The molecule has 0 aliphatic carbocycles. The van der Waals surface area contributed by atoms with Crippen molar-refractivity contribution in [3.05, 3.63) is 44.8 Å². The summed E-state index contributed by atoms with van der Waals surface area (Å²) in [5, 5.41) is 1.47. The van der Waals surface area contributed by atoms with E-state index in [4.69, 9.17) is 23.2 Å². The summed E-state index contributed by atoms with van der Waals surface area (Å²) in [6.07, 6.45) is 0.859. The van der Waals surface area contributed by atoms with Crippen LogP contribution in [0.3, 0.4) is 0 Å². The number of carbonyl (C=O) groups is 1. The van der Waals surface area contributed by atoms with Gasteiger partial charge in [0, 0.05) is 21.5 Å². The number of nitrogens with one attached hydrogen (secondary N) is 1. The minimum absolute atomic E-state index is 0.624. The summed E-state index contributed by atoms with van der Waals surface area (Å²) >= 11 is 13.5. The summed E-state index contributed by atoms with van der Waals surface area (Å²) in [5.74, 6) is 0. The summed E-state index contributed by atoms with van der Waals surface area (Å²) in [6.45, 7) is 1.96. The molecule has 5 heteroatoms. The molecule has 0 amide bonds. The van der Waals surface area contributed by atoms with E-state index in [0.717, 1.165) is 33.3 Å². The largest absolute Gasteiger partial charge is 0.353 e. The molecular weight excluding hydrogens is 301 g/mol. The summed E-state index contributed by atoms with van der Waals surface area (Å²) < 4.78 is 0.695. The van der Waals surface area contributed by atoms with Crippen LogP contribution in [-0.2, 0) is 0 Å². The third-order valence-corrected chi connectivity index (χ3v) is 4.51. The van der Waals surface area contributed by atoms with Crippen molar-refractivity contribution in [3.63, 3.8) is 0 Å². The number of H-pyrrole nitrogens is 1. The molecule has 2 aromatic heterocycles. The smallest absolute Gasteiger partial charge is 0.152 e. The number of fused-ring (bicyclic) bond motifs is 1. The number of thiophene rings is 1. The molecule has 3 rings (SSSR count). The molecule has 0 radical (unpaired) electrons. The summed E-state index contributed by atoms with van der Waals surface area (Å²) in [5.41, 5.74) is 3.37. The highest BCUT2D eigenvalue weighted by molar-refractivity contribution is 7.19. The van der Waals surface area contributed by atoms with E-state index in [-0.39, 0.29) is 0 Å². The molecular formula is C14H9Cl2NOS. The fraction of sp³-hybridized carbons (Fsp3) is 0.0714. The van der Waals surface area contributed by atoms with E-state index in [1.165, 1.54) is 11.3 Å². The zero-order chi connectivity index (χ0) is 13.6. The maximum atomic E-state index is 11.4. The number of aromatic nitrogens is 1. The number of aromatic amines is 1. The highest BCUT2D eigenvalue weighted by Gasteiger charge is 2.16. The van der Waals surface area contributed by atoms with Crippen LogP contribution in [0.4, 0.5) is 0 Å². The van der Waals surface area contributed by atoms with Gasteiger partial charge in [-0.15, -0.1) is 11.3 Å². The van der Waals surface area contributed by atoms with Gasteiger partial charge >= 0.3 is 0 Å². The molecule has 3 aromatic rings. The van der Waals surface area contributed by atoms with Crippen LogP contribution in [0.15, 0.2) is 24.3 Å². The summed E-state index contributed by atoms with van der Waals surface area (Å²) in [4.78, 5) is 15.7. The molecule has 0 aliphatic rings. The van der Waals surface area contributed by atoms with E-state index in [9.17, 15) is 4.79 Å². The first-order valence-electron chi connectivity index (χ1n) is 5.63. The highest BCUT2D eigenvalue weighted by Crippen LogP contribution is 2.37. The van der Waals surface area contributed by atoms with Crippen molar-refractivity contribution in [3.8, 4) is 10.6 Å². The molecule has 96 valence electrons.